The number of nitrogens with one attached hydrogen (secondary N) is 1. The molecule has 13 heavy (non-hydrogen) atoms. The van der Waals surface area contributed by atoms with E-state index in [9.17, 15) is 4.21 Å². The normalized spacial score (nSPS) is 12.5. The van der Waals surface area contributed by atoms with Gasteiger partial charge in [-0.3, -0.25) is 0 Å². The Balaban J connectivity index is 2.54. The number of rotatable bonds is 4. The summed E-state index contributed by atoms with van der Waals surface area (Å²) < 4.78 is 18.8. The Bertz CT molecular complexity index is 284. The van der Waals surface area contributed by atoms with E-state index >= 15 is 0 Å². The predicted octanol–water partition coefficient (Wildman–Crippen LogP) is 1.56. The van der Waals surface area contributed by atoms with Crippen molar-refractivity contribution in [2.24, 2.45) is 0 Å². The Morgan fingerprint density at radius 2 is 2.00 bits per heavy atom. The molecule has 0 heterocycles. The maximum atomic E-state index is 11.1. The SMILES string of the molecule is CCNS(=O)Oc1ccc(C)cc1. The third-order valence-corrected chi connectivity index (χ3v) is 2.32. The molecule has 0 fully saturated rings. The highest BCUT2D eigenvalue weighted by Crippen LogP contribution is 2.11. The Hall–Kier alpha value is -0.870. The number of hydrogen-bond acceptors (Lipinski definition) is 2. The lowest BCUT2D eigenvalue weighted by Gasteiger charge is -2.03. The number of aryl methyl sites for hydroxylation is 1. The summed E-state index contributed by atoms with van der Waals surface area (Å²) in [4.78, 5) is 0. The van der Waals surface area contributed by atoms with Crippen LogP contribution < -0.4 is 8.91 Å². The van der Waals surface area contributed by atoms with Gasteiger partial charge in [0.1, 0.15) is 5.75 Å². The highest BCUT2D eigenvalue weighted by molar-refractivity contribution is 7.78. The fourth-order valence-electron chi connectivity index (χ4n) is 0.829. The summed E-state index contributed by atoms with van der Waals surface area (Å²) in [6, 6.07) is 7.42. The molecule has 0 radical (unpaired) electrons. The number of benzene rings is 1. The molecule has 0 amide bonds. The fraction of sp³-hybridized carbons (Fsp3) is 0.333. The standard InChI is InChI=1S/C9H13NO2S/c1-3-10-13(11)12-9-6-4-8(2)5-7-9/h4-7,10H,3H2,1-2H3. The van der Waals surface area contributed by atoms with Crippen LogP contribution >= 0.6 is 0 Å². The van der Waals surface area contributed by atoms with Gasteiger partial charge >= 0.3 is 0 Å². The van der Waals surface area contributed by atoms with Crippen molar-refractivity contribution in [3.05, 3.63) is 29.8 Å². The van der Waals surface area contributed by atoms with Gasteiger partial charge in [0.25, 0.3) is 11.3 Å². The first-order valence-corrected chi connectivity index (χ1v) is 5.20. The molecule has 1 N–H and O–H groups in total. The topological polar surface area (TPSA) is 38.3 Å². The first-order valence-electron chi connectivity index (χ1n) is 4.12. The van der Waals surface area contributed by atoms with E-state index in [4.69, 9.17) is 4.18 Å². The van der Waals surface area contributed by atoms with Crippen LogP contribution in [0.25, 0.3) is 0 Å². The van der Waals surface area contributed by atoms with Crippen molar-refractivity contribution >= 4 is 11.3 Å². The van der Waals surface area contributed by atoms with Crippen LogP contribution in [0.5, 0.6) is 5.75 Å². The molecule has 0 bridgehead atoms. The molecule has 0 saturated carbocycles. The van der Waals surface area contributed by atoms with E-state index < -0.39 is 11.3 Å². The van der Waals surface area contributed by atoms with E-state index in [0.29, 0.717) is 12.3 Å². The maximum absolute atomic E-state index is 11.1. The average Bonchev–Trinajstić information content (AvgIpc) is 2.09. The third kappa shape index (κ3) is 3.57. The lowest BCUT2D eigenvalue weighted by Crippen LogP contribution is -2.20. The minimum Gasteiger partial charge on any atom is -0.389 e. The van der Waals surface area contributed by atoms with Gasteiger partial charge in [0.05, 0.1) is 0 Å². The average molecular weight is 199 g/mol. The summed E-state index contributed by atoms with van der Waals surface area (Å²) in [5, 5.41) is 0. The van der Waals surface area contributed by atoms with Crippen molar-refractivity contribution in [2.45, 2.75) is 13.8 Å². The molecule has 0 saturated heterocycles. The Kier molecular flexibility index (Phi) is 3.92. The lowest BCUT2D eigenvalue weighted by atomic mass is 10.2. The minimum absolute atomic E-state index is 0.616. The van der Waals surface area contributed by atoms with Crippen LogP contribution in [0.2, 0.25) is 0 Å². The molecule has 1 aromatic rings. The first-order chi connectivity index (χ1) is 6.22. The largest absolute Gasteiger partial charge is 0.389 e. The second-order valence-electron chi connectivity index (χ2n) is 2.63. The van der Waals surface area contributed by atoms with Gasteiger partial charge in [-0.2, -0.15) is 4.21 Å². The zero-order valence-corrected chi connectivity index (χ0v) is 8.56. The van der Waals surface area contributed by atoms with Crippen LogP contribution in [0.3, 0.4) is 0 Å². The predicted molar refractivity (Wildman–Crippen MR) is 53.6 cm³/mol. The molecule has 0 spiro atoms. The maximum Gasteiger partial charge on any atom is 0.287 e. The van der Waals surface area contributed by atoms with Gasteiger partial charge in [0.15, 0.2) is 0 Å². The molecule has 0 aromatic heterocycles. The van der Waals surface area contributed by atoms with Crippen molar-refractivity contribution in [3.8, 4) is 5.75 Å². The summed E-state index contributed by atoms with van der Waals surface area (Å²) in [5.74, 6) is 0.616. The molecule has 1 unspecified atom stereocenters. The van der Waals surface area contributed by atoms with Crippen LogP contribution in [0.4, 0.5) is 0 Å². The lowest BCUT2D eigenvalue weighted by molar-refractivity contribution is 0.550. The van der Waals surface area contributed by atoms with Crippen molar-refractivity contribution < 1.29 is 8.39 Å². The van der Waals surface area contributed by atoms with Gasteiger partial charge < -0.3 is 4.18 Å². The zero-order valence-electron chi connectivity index (χ0n) is 7.74. The van der Waals surface area contributed by atoms with Crippen LogP contribution in [0.15, 0.2) is 24.3 Å². The fourth-order valence-corrected chi connectivity index (χ4v) is 1.41. The molecule has 0 aliphatic carbocycles. The van der Waals surface area contributed by atoms with E-state index in [1.54, 1.807) is 12.1 Å². The number of hydrogen-bond donors (Lipinski definition) is 1. The highest BCUT2D eigenvalue weighted by atomic mass is 32.2. The zero-order chi connectivity index (χ0) is 9.68. The van der Waals surface area contributed by atoms with Gasteiger partial charge in [-0.05, 0) is 19.1 Å². The molecule has 1 atom stereocenters. The summed E-state index contributed by atoms with van der Waals surface area (Å²) in [5.41, 5.74) is 1.15. The van der Waals surface area contributed by atoms with E-state index in [2.05, 4.69) is 4.72 Å². The summed E-state index contributed by atoms with van der Waals surface area (Å²) in [7, 11) is 0. The Labute approximate surface area is 80.9 Å². The van der Waals surface area contributed by atoms with Gasteiger partial charge in [-0.25, -0.2) is 4.72 Å². The molecule has 3 nitrogen and oxygen atoms in total. The quantitative estimate of drug-likeness (QED) is 0.799. The monoisotopic (exact) mass is 199 g/mol. The van der Waals surface area contributed by atoms with Crippen LogP contribution in [-0.2, 0) is 11.3 Å². The molecule has 4 heteroatoms. The van der Waals surface area contributed by atoms with Crippen LogP contribution in [0.1, 0.15) is 12.5 Å². The van der Waals surface area contributed by atoms with Gasteiger partial charge in [-0.1, -0.05) is 24.6 Å². The van der Waals surface area contributed by atoms with Gasteiger partial charge in [-0.15, -0.1) is 0 Å². The molecular weight excluding hydrogens is 186 g/mol. The van der Waals surface area contributed by atoms with E-state index in [1.165, 1.54) is 0 Å². The van der Waals surface area contributed by atoms with Crippen molar-refractivity contribution in [1.29, 1.82) is 0 Å². The molecule has 1 rings (SSSR count). The minimum atomic E-state index is -1.43. The third-order valence-electron chi connectivity index (χ3n) is 1.46. The van der Waals surface area contributed by atoms with Crippen molar-refractivity contribution in [2.75, 3.05) is 6.54 Å². The summed E-state index contributed by atoms with van der Waals surface area (Å²) in [6.07, 6.45) is 0. The summed E-state index contributed by atoms with van der Waals surface area (Å²) in [6.45, 7) is 4.49. The Morgan fingerprint density at radius 3 is 2.54 bits per heavy atom. The van der Waals surface area contributed by atoms with Crippen LogP contribution in [-0.4, -0.2) is 10.8 Å². The van der Waals surface area contributed by atoms with Gasteiger partial charge in [0, 0.05) is 6.54 Å². The molecule has 0 aliphatic rings. The summed E-state index contributed by atoms with van der Waals surface area (Å²) >= 11 is -1.43. The Morgan fingerprint density at radius 1 is 1.38 bits per heavy atom. The smallest absolute Gasteiger partial charge is 0.287 e. The molecule has 1 aromatic carbocycles. The first kappa shape index (κ1) is 10.2. The second kappa shape index (κ2) is 4.99. The van der Waals surface area contributed by atoms with Crippen molar-refractivity contribution in [1.82, 2.24) is 4.72 Å². The van der Waals surface area contributed by atoms with Crippen molar-refractivity contribution in [3.63, 3.8) is 0 Å². The molecule has 72 valence electrons. The van der Waals surface area contributed by atoms with E-state index in [0.717, 1.165) is 5.56 Å². The molecular formula is C9H13NO2S. The van der Waals surface area contributed by atoms with E-state index in [-0.39, 0.29) is 0 Å². The van der Waals surface area contributed by atoms with Gasteiger partial charge in [0.2, 0.25) is 0 Å². The second-order valence-corrected chi connectivity index (χ2v) is 3.55. The highest BCUT2D eigenvalue weighted by Gasteiger charge is 1.99. The van der Waals surface area contributed by atoms with Crippen LogP contribution in [0, 0.1) is 6.92 Å². The van der Waals surface area contributed by atoms with E-state index in [1.807, 2.05) is 26.0 Å². The molecule has 0 aliphatic heterocycles.